The van der Waals surface area contributed by atoms with Crippen LogP contribution in [-0.4, -0.2) is 85.3 Å². The zero-order chi connectivity index (χ0) is 42.3. The van der Waals surface area contributed by atoms with Crippen LogP contribution in [0, 0.1) is 0 Å². The summed E-state index contributed by atoms with van der Waals surface area (Å²) in [5, 5.41) is 14.9. The molecule has 0 aliphatic carbocycles. The van der Waals surface area contributed by atoms with Crippen molar-refractivity contribution in [2.45, 2.75) is 125 Å². The Balaban J connectivity index is 1.60. The van der Waals surface area contributed by atoms with Crippen molar-refractivity contribution < 1.29 is 50.0 Å². The molecule has 2 amide bonds. The number of carbonyl (C=O) groups is 3. The van der Waals surface area contributed by atoms with E-state index in [4.69, 9.17) is 0 Å². The third-order valence-electron chi connectivity index (χ3n) is 11.6. The fourth-order valence-electron chi connectivity index (χ4n) is 8.45. The molecule has 5 rings (SSSR count). The lowest BCUT2D eigenvalue weighted by Gasteiger charge is -2.30. The molecule has 0 fully saturated rings. The van der Waals surface area contributed by atoms with E-state index >= 15 is 0 Å². The first-order valence-corrected chi connectivity index (χ1v) is 23.0. The van der Waals surface area contributed by atoms with E-state index in [1.54, 1.807) is 12.1 Å². The highest BCUT2D eigenvalue weighted by Crippen LogP contribution is 2.51. The van der Waals surface area contributed by atoms with Gasteiger partial charge in [0.25, 0.3) is 10.1 Å². The number of carboxylic acid groups (broad SMARTS) is 1. The molecular weight excluding hydrogens is 785 g/mol. The first-order valence-electron chi connectivity index (χ1n) is 20.1. The van der Waals surface area contributed by atoms with Crippen molar-refractivity contribution in [1.29, 1.82) is 0 Å². The van der Waals surface area contributed by atoms with Crippen molar-refractivity contribution in [2.24, 2.45) is 0 Å². The number of nitrogens with one attached hydrogen (secondary N) is 2. The van der Waals surface area contributed by atoms with E-state index in [1.807, 2.05) is 39.0 Å². The lowest BCUT2D eigenvalue weighted by Crippen LogP contribution is -2.34. The van der Waals surface area contributed by atoms with Gasteiger partial charge in [0.1, 0.15) is 16.7 Å². The molecule has 3 aliphatic rings. The maximum atomic E-state index is 12.6. The second-order valence-electron chi connectivity index (χ2n) is 16.1. The Morgan fingerprint density at radius 2 is 1.48 bits per heavy atom. The number of fused-ring (bicyclic) bond motifs is 5. The van der Waals surface area contributed by atoms with Crippen LogP contribution < -0.4 is 15.5 Å². The van der Waals surface area contributed by atoms with Crippen LogP contribution in [0.15, 0.2) is 70.1 Å². The number of hydrogen-bond donors (Lipinski definition) is 4. The second kappa shape index (κ2) is 18.7. The van der Waals surface area contributed by atoms with Crippen molar-refractivity contribution in [3.05, 3.63) is 71.5 Å². The SMILES string of the molecule is CC1(C)C2=[N+](CCCCCC(=O)NCCNC(=O)CCCCCC3(C)/C(=C/C=C/2)N(CCCCCC(=O)O)c2ccc(S(=O)(=O)O)cc23)c2ccc(S(=O)(=O)[O-])cc21. The predicted molar refractivity (Wildman–Crippen MR) is 219 cm³/mol. The molecule has 14 nitrogen and oxygen atoms in total. The van der Waals surface area contributed by atoms with Crippen molar-refractivity contribution in [3.8, 4) is 0 Å². The van der Waals surface area contributed by atoms with Crippen molar-refractivity contribution in [1.82, 2.24) is 10.6 Å². The van der Waals surface area contributed by atoms with Crippen molar-refractivity contribution >= 4 is 55.1 Å². The van der Waals surface area contributed by atoms with E-state index < -0.39 is 37.0 Å². The maximum absolute atomic E-state index is 12.6. The Bertz CT molecular complexity index is 2210. The molecule has 4 N–H and O–H groups in total. The number of aliphatic carboxylic acids is 1. The van der Waals surface area contributed by atoms with Gasteiger partial charge in [-0.25, -0.2) is 8.42 Å². The molecule has 0 saturated carbocycles. The average molecular weight is 841 g/mol. The van der Waals surface area contributed by atoms with E-state index in [2.05, 4.69) is 20.1 Å². The monoisotopic (exact) mass is 840 g/mol. The smallest absolute Gasteiger partial charge is 0.303 e. The fraction of sp³-hybridized carbons (Fsp3) is 0.524. The first kappa shape index (κ1) is 44.7. The molecule has 3 aliphatic heterocycles. The fourth-order valence-corrected chi connectivity index (χ4v) is 9.46. The molecule has 0 spiro atoms. The molecule has 1 unspecified atom stereocenters. The number of unbranched alkanes of at least 4 members (excludes halogenated alkanes) is 2. The van der Waals surface area contributed by atoms with E-state index in [1.165, 1.54) is 24.3 Å². The Kier molecular flexibility index (Phi) is 14.4. The number of anilines is 1. The van der Waals surface area contributed by atoms with Gasteiger partial charge >= 0.3 is 5.97 Å². The van der Waals surface area contributed by atoms with Gasteiger partial charge in [-0.2, -0.15) is 13.0 Å². The minimum absolute atomic E-state index is 0.0556. The van der Waals surface area contributed by atoms with E-state index in [0.29, 0.717) is 96.0 Å². The van der Waals surface area contributed by atoms with Crippen LogP contribution in [-0.2, 0) is 45.4 Å². The third kappa shape index (κ3) is 10.6. The Morgan fingerprint density at radius 1 is 0.845 bits per heavy atom. The number of allylic oxidation sites excluding steroid dienone is 4. The number of hydrogen-bond acceptors (Lipinski definition) is 9. The highest BCUT2D eigenvalue weighted by atomic mass is 32.2. The molecule has 1 atom stereocenters. The van der Waals surface area contributed by atoms with Gasteiger partial charge in [0.2, 0.25) is 17.5 Å². The summed E-state index contributed by atoms with van der Waals surface area (Å²) in [4.78, 5) is 37.9. The summed E-state index contributed by atoms with van der Waals surface area (Å²) >= 11 is 0. The van der Waals surface area contributed by atoms with Crippen LogP contribution in [0.2, 0.25) is 0 Å². The number of rotatable bonds is 8. The Hall–Kier alpha value is -4.38. The molecule has 2 aromatic carbocycles. The van der Waals surface area contributed by atoms with Gasteiger partial charge in [-0.05, 0) is 101 Å². The third-order valence-corrected chi connectivity index (χ3v) is 13.3. The summed E-state index contributed by atoms with van der Waals surface area (Å²) in [7, 11) is -9.24. The van der Waals surface area contributed by atoms with Gasteiger partial charge in [-0.15, -0.1) is 0 Å². The second-order valence-corrected chi connectivity index (χ2v) is 18.9. The van der Waals surface area contributed by atoms with Gasteiger partial charge in [0, 0.05) is 79.8 Å². The Labute approximate surface area is 342 Å². The number of nitrogens with zero attached hydrogens (tertiary/aromatic N) is 2. The van der Waals surface area contributed by atoms with E-state index in [0.717, 1.165) is 41.2 Å². The number of carboxylic acids is 1. The van der Waals surface area contributed by atoms with Gasteiger partial charge in [-0.1, -0.05) is 25.3 Å². The summed E-state index contributed by atoms with van der Waals surface area (Å²) in [6.07, 6.45) is 13.2. The molecular formula is C42H56N4O10S2. The van der Waals surface area contributed by atoms with Gasteiger partial charge < -0.3 is 25.2 Å². The average Bonchev–Trinajstić information content (AvgIpc) is 3.50. The van der Waals surface area contributed by atoms with E-state index in [-0.39, 0.29) is 28.0 Å². The van der Waals surface area contributed by atoms with Gasteiger partial charge in [0.05, 0.1) is 15.2 Å². The summed E-state index contributed by atoms with van der Waals surface area (Å²) in [6.45, 7) is 7.74. The lowest BCUT2D eigenvalue weighted by molar-refractivity contribution is -0.438. The summed E-state index contributed by atoms with van der Waals surface area (Å²) in [5.74, 6) is -1.05. The molecule has 0 radical (unpaired) electrons. The largest absolute Gasteiger partial charge is 0.744 e. The number of carbonyl (C=O) groups excluding carboxylic acids is 2. The first-order chi connectivity index (χ1) is 27.3. The Morgan fingerprint density at radius 3 is 2.12 bits per heavy atom. The quantitative estimate of drug-likeness (QED) is 0.141. The molecule has 0 aromatic heterocycles. The van der Waals surface area contributed by atoms with Crippen LogP contribution in [0.4, 0.5) is 11.4 Å². The van der Waals surface area contributed by atoms with Crippen LogP contribution in [0.25, 0.3) is 0 Å². The standard InChI is InChI=1S/C42H56N4O10S2/c1-41(2)32-28-30(57(51,52)53)19-21-34(32)45-26-11-5-8-17-39(48)44-25-24-43-38(47)16-7-4-10-23-42(3)33-29-31(58(54,55)56)20-22-35(33)46(27-12-6-9-18-40(49)50)37(42)15-13-14-36(41)45/h13-15,19-22,28-29H,4-12,16-18,23-27H2,1-3H3,(H4-,43,44,47,48,49,50,51,52,53,54,55,56). The van der Waals surface area contributed by atoms with Crippen LogP contribution in [0.5, 0.6) is 0 Å². The van der Waals surface area contributed by atoms with Crippen molar-refractivity contribution in [3.63, 3.8) is 0 Å². The van der Waals surface area contributed by atoms with Crippen LogP contribution in [0.1, 0.15) is 115 Å². The summed E-state index contributed by atoms with van der Waals surface area (Å²) < 4.78 is 73.3. The number of benzene rings is 2. The minimum Gasteiger partial charge on any atom is -0.744 e. The molecule has 16 heteroatoms. The molecule has 2 aromatic rings. The van der Waals surface area contributed by atoms with E-state index in [9.17, 15) is 45.4 Å². The van der Waals surface area contributed by atoms with Gasteiger partial charge in [-0.3, -0.25) is 18.9 Å². The van der Waals surface area contributed by atoms with Crippen molar-refractivity contribution in [2.75, 3.05) is 31.1 Å². The summed E-state index contributed by atoms with van der Waals surface area (Å²) in [5.41, 5.74) is 3.32. The highest BCUT2D eigenvalue weighted by molar-refractivity contribution is 7.86. The maximum Gasteiger partial charge on any atom is 0.303 e. The topological polar surface area (TPSA) is 213 Å². The normalized spacial score (nSPS) is 22.7. The molecule has 58 heavy (non-hydrogen) atoms. The number of amides is 2. The molecule has 3 heterocycles. The lowest BCUT2D eigenvalue weighted by atomic mass is 9.77. The van der Waals surface area contributed by atoms with Crippen LogP contribution in [0.3, 0.4) is 0 Å². The molecule has 316 valence electrons. The molecule has 0 saturated heterocycles. The zero-order valence-electron chi connectivity index (χ0n) is 33.6. The molecule has 0 bridgehead atoms. The zero-order valence-corrected chi connectivity index (χ0v) is 35.2. The van der Waals surface area contributed by atoms with Crippen LogP contribution >= 0.6 is 0 Å². The minimum atomic E-state index is -4.71. The van der Waals surface area contributed by atoms with Gasteiger partial charge in [0.15, 0.2) is 5.71 Å². The summed E-state index contributed by atoms with van der Waals surface area (Å²) in [6, 6.07) is 9.07. The predicted octanol–water partition coefficient (Wildman–Crippen LogP) is 5.83. The highest BCUT2D eigenvalue weighted by Gasteiger charge is 2.46.